The first-order chi connectivity index (χ1) is 5.52. The van der Waals surface area contributed by atoms with Gasteiger partial charge in [-0.25, -0.2) is 0 Å². The van der Waals surface area contributed by atoms with Gasteiger partial charge in [-0.3, -0.25) is 4.79 Å². The zero-order valence-electron chi connectivity index (χ0n) is 7.94. The molecule has 2 fully saturated rings. The smallest absolute Gasteiger partial charge is 0.220 e. The van der Waals surface area contributed by atoms with Crippen LogP contribution in [-0.2, 0) is 4.79 Å². The van der Waals surface area contributed by atoms with Crippen molar-refractivity contribution in [3.8, 4) is 0 Å². The average molecular weight is 167 g/mol. The van der Waals surface area contributed by atoms with Crippen LogP contribution in [0, 0.1) is 10.8 Å². The third-order valence-corrected chi connectivity index (χ3v) is 3.38. The Kier molecular flexibility index (Phi) is 1.51. The number of hydrogen-bond acceptors (Lipinski definition) is 1. The first kappa shape index (κ1) is 8.09. The van der Waals surface area contributed by atoms with Crippen LogP contribution in [0.4, 0.5) is 0 Å². The second-order valence-corrected chi connectivity index (χ2v) is 5.29. The average Bonchev–Trinajstić information content (AvgIpc) is 2.41. The van der Waals surface area contributed by atoms with Gasteiger partial charge in [0.25, 0.3) is 0 Å². The van der Waals surface area contributed by atoms with Crippen molar-refractivity contribution in [2.75, 3.05) is 6.54 Å². The van der Waals surface area contributed by atoms with E-state index >= 15 is 0 Å². The van der Waals surface area contributed by atoms with Crippen LogP contribution < -0.4 is 5.32 Å². The van der Waals surface area contributed by atoms with E-state index in [9.17, 15) is 4.79 Å². The molecule has 0 aromatic heterocycles. The minimum atomic E-state index is 0.257. The van der Waals surface area contributed by atoms with Gasteiger partial charge in [0.2, 0.25) is 5.91 Å². The molecule has 0 aromatic carbocycles. The van der Waals surface area contributed by atoms with Crippen LogP contribution in [0.5, 0.6) is 0 Å². The molecule has 1 amide bonds. The highest BCUT2D eigenvalue weighted by Crippen LogP contribution is 2.52. The molecule has 1 unspecified atom stereocenters. The summed E-state index contributed by atoms with van der Waals surface area (Å²) >= 11 is 0. The molecule has 1 spiro atoms. The summed E-state index contributed by atoms with van der Waals surface area (Å²) in [4.78, 5) is 11.1. The largest absolute Gasteiger partial charge is 0.356 e. The zero-order chi connectivity index (χ0) is 8.82. The van der Waals surface area contributed by atoms with E-state index in [4.69, 9.17) is 0 Å². The summed E-state index contributed by atoms with van der Waals surface area (Å²) in [5.74, 6) is 0.257. The summed E-state index contributed by atoms with van der Waals surface area (Å²) in [5.41, 5.74) is 0.798. The van der Waals surface area contributed by atoms with Gasteiger partial charge in [0.05, 0.1) is 0 Å². The Labute approximate surface area is 73.7 Å². The van der Waals surface area contributed by atoms with E-state index < -0.39 is 0 Å². The van der Waals surface area contributed by atoms with Crippen LogP contribution >= 0.6 is 0 Å². The Morgan fingerprint density at radius 2 is 2.08 bits per heavy atom. The van der Waals surface area contributed by atoms with Gasteiger partial charge in [0, 0.05) is 13.0 Å². The molecule has 2 aliphatic rings. The lowest BCUT2D eigenvalue weighted by atomic mass is 9.81. The lowest BCUT2D eigenvalue weighted by Gasteiger charge is -2.23. The topological polar surface area (TPSA) is 29.1 Å². The van der Waals surface area contributed by atoms with E-state index in [2.05, 4.69) is 19.2 Å². The van der Waals surface area contributed by atoms with Gasteiger partial charge in [0.1, 0.15) is 0 Å². The fraction of sp³-hybridized carbons (Fsp3) is 0.900. The van der Waals surface area contributed by atoms with Crippen molar-refractivity contribution < 1.29 is 4.79 Å². The lowest BCUT2D eigenvalue weighted by Crippen LogP contribution is -2.22. The Bertz CT molecular complexity index is 222. The molecule has 1 aliphatic heterocycles. The van der Waals surface area contributed by atoms with Gasteiger partial charge in [-0.2, -0.15) is 0 Å². The predicted molar refractivity (Wildman–Crippen MR) is 47.7 cm³/mol. The summed E-state index contributed by atoms with van der Waals surface area (Å²) in [6.07, 6.45) is 4.51. The summed E-state index contributed by atoms with van der Waals surface area (Å²) in [6.45, 7) is 5.55. The third kappa shape index (κ3) is 1.23. The fourth-order valence-corrected chi connectivity index (χ4v) is 2.85. The van der Waals surface area contributed by atoms with Crippen molar-refractivity contribution in [3.63, 3.8) is 0 Å². The second-order valence-electron chi connectivity index (χ2n) is 5.29. The number of hydrogen-bond donors (Lipinski definition) is 1. The van der Waals surface area contributed by atoms with Crippen LogP contribution in [0.2, 0.25) is 0 Å². The molecule has 1 saturated heterocycles. The van der Waals surface area contributed by atoms with Crippen molar-refractivity contribution in [3.05, 3.63) is 0 Å². The van der Waals surface area contributed by atoms with Crippen LogP contribution in [0.15, 0.2) is 0 Å². The second kappa shape index (κ2) is 2.24. The SMILES string of the molecule is CC1(C)CCC2(CNC(=O)C2)C1. The minimum absolute atomic E-state index is 0.257. The molecule has 2 nitrogen and oxygen atoms in total. The van der Waals surface area contributed by atoms with Gasteiger partial charge in [-0.05, 0) is 30.1 Å². The van der Waals surface area contributed by atoms with Gasteiger partial charge >= 0.3 is 0 Å². The number of rotatable bonds is 0. The maximum absolute atomic E-state index is 11.1. The molecule has 2 heteroatoms. The normalized spacial score (nSPS) is 39.0. The van der Waals surface area contributed by atoms with E-state index in [1.165, 1.54) is 19.3 Å². The van der Waals surface area contributed by atoms with Gasteiger partial charge in [-0.1, -0.05) is 13.8 Å². The van der Waals surface area contributed by atoms with Crippen molar-refractivity contribution in [2.45, 2.75) is 39.5 Å². The first-order valence-electron chi connectivity index (χ1n) is 4.78. The molecule has 2 rings (SSSR count). The lowest BCUT2D eigenvalue weighted by molar-refractivity contribution is -0.119. The van der Waals surface area contributed by atoms with Crippen LogP contribution in [0.25, 0.3) is 0 Å². The van der Waals surface area contributed by atoms with Crippen molar-refractivity contribution in [1.29, 1.82) is 0 Å². The minimum Gasteiger partial charge on any atom is -0.356 e. The molecule has 1 saturated carbocycles. The Hall–Kier alpha value is -0.530. The van der Waals surface area contributed by atoms with Crippen LogP contribution in [0.3, 0.4) is 0 Å². The van der Waals surface area contributed by atoms with E-state index in [-0.39, 0.29) is 5.91 Å². The molecule has 0 radical (unpaired) electrons. The molecule has 1 atom stereocenters. The van der Waals surface area contributed by atoms with E-state index in [1.807, 2.05) is 0 Å². The monoisotopic (exact) mass is 167 g/mol. The van der Waals surface area contributed by atoms with Crippen molar-refractivity contribution in [1.82, 2.24) is 5.32 Å². The number of carbonyl (C=O) groups excluding carboxylic acids is 1. The molecule has 1 heterocycles. The van der Waals surface area contributed by atoms with Crippen LogP contribution in [-0.4, -0.2) is 12.5 Å². The summed E-state index contributed by atoms with van der Waals surface area (Å²) in [5, 5.41) is 2.95. The number of carbonyl (C=O) groups is 1. The van der Waals surface area contributed by atoms with Crippen molar-refractivity contribution in [2.24, 2.45) is 10.8 Å². The standard InChI is InChI=1S/C10H17NO/c1-9(2)3-4-10(6-9)5-8(12)11-7-10/h3-7H2,1-2H3,(H,11,12). The summed E-state index contributed by atoms with van der Waals surface area (Å²) in [6, 6.07) is 0. The predicted octanol–water partition coefficient (Wildman–Crippen LogP) is 1.70. The molecule has 68 valence electrons. The molecular formula is C10H17NO. The molecule has 0 aromatic rings. The molecule has 0 bridgehead atoms. The van der Waals surface area contributed by atoms with Crippen molar-refractivity contribution >= 4 is 5.91 Å². The molecule has 1 N–H and O–H groups in total. The highest BCUT2D eigenvalue weighted by Gasteiger charge is 2.47. The highest BCUT2D eigenvalue weighted by atomic mass is 16.1. The van der Waals surface area contributed by atoms with Gasteiger partial charge in [0.15, 0.2) is 0 Å². The van der Waals surface area contributed by atoms with E-state index in [0.717, 1.165) is 13.0 Å². The molecule has 1 aliphatic carbocycles. The Morgan fingerprint density at radius 1 is 1.33 bits per heavy atom. The highest BCUT2D eigenvalue weighted by molar-refractivity contribution is 5.79. The van der Waals surface area contributed by atoms with Gasteiger partial charge < -0.3 is 5.32 Å². The third-order valence-electron chi connectivity index (χ3n) is 3.38. The number of amides is 1. The summed E-state index contributed by atoms with van der Waals surface area (Å²) < 4.78 is 0. The van der Waals surface area contributed by atoms with E-state index in [0.29, 0.717) is 10.8 Å². The molecule has 12 heavy (non-hydrogen) atoms. The maximum Gasteiger partial charge on any atom is 0.220 e. The Balaban J connectivity index is 2.11. The summed E-state index contributed by atoms with van der Waals surface area (Å²) in [7, 11) is 0. The quantitative estimate of drug-likeness (QED) is 0.584. The zero-order valence-corrected chi connectivity index (χ0v) is 7.94. The van der Waals surface area contributed by atoms with Gasteiger partial charge in [-0.15, -0.1) is 0 Å². The van der Waals surface area contributed by atoms with Crippen LogP contribution in [0.1, 0.15) is 39.5 Å². The first-order valence-corrected chi connectivity index (χ1v) is 4.78. The maximum atomic E-state index is 11.1. The van der Waals surface area contributed by atoms with E-state index in [1.54, 1.807) is 0 Å². The molecular weight excluding hydrogens is 150 g/mol. The fourth-order valence-electron chi connectivity index (χ4n) is 2.85. The Morgan fingerprint density at radius 3 is 2.50 bits per heavy atom. The number of nitrogens with one attached hydrogen (secondary N) is 1.